The number of carbonyl (C=O) groups excluding carboxylic acids is 3. The summed E-state index contributed by atoms with van der Waals surface area (Å²) >= 11 is 0. The molecule has 2 aromatic carbocycles. The molecule has 1 heterocycles. The minimum Gasteiger partial charge on any atom is -0.345 e. The summed E-state index contributed by atoms with van der Waals surface area (Å²) in [5.74, 6) is -1.23. The third kappa shape index (κ3) is 4.53. The maximum absolute atomic E-state index is 13.2. The molecule has 3 amide bonds. The normalized spacial score (nSPS) is 16.2. The summed E-state index contributed by atoms with van der Waals surface area (Å²) in [6.07, 6.45) is 3.19. The van der Waals surface area contributed by atoms with Crippen molar-refractivity contribution in [1.29, 1.82) is 0 Å². The summed E-state index contributed by atoms with van der Waals surface area (Å²) in [6, 6.07) is 14.5. The Balaban J connectivity index is 1.81. The van der Waals surface area contributed by atoms with Crippen LogP contribution in [0.2, 0.25) is 0 Å². The number of benzene rings is 2. The zero-order valence-electron chi connectivity index (χ0n) is 17.8. The van der Waals surface area contributed by atoms with Crippen LogP contribution in [0, 0.1) is 0 Å². The van der Waals surface area contributed by atoms with Crippen molar-refractivity contribution in [3.05, 3.63) is 54.1 Å². The Labute approximate surface area is 177 Å². The number of carbonyl (C=O) groups is 3. The molecule has 3 rings (SSSR count). The van der Waals surface area contributed by atoms with Crippen molar-refractivity contribution in [3.63, 3.8) is 0 Å². The van der Waals surface area contributed by atoms with E-state index in [-0.39, 0.29) is 11.8 Å². The third-order valence-corrected chi connectivity index (χ3v) is 5.45. The SMILES string of the molecule is CCCCCC(=O)N[C@@H](C)C(=O)NN1C(=O)C(C)c2ccccc2-c2ccccc21. The molecule has 0 radical (unpaired) electrons. The van der Waals surface area contributed by atoms with Crippen LogP contribution in [0.4, 0.5) is 5.69 Å². The highest BCUT2D eigenvalue weighted by molar-refractivity contribution is 6.06. The molecular formula is C24H29N3O3. The first-order valence-electron chi connectivity index (χ1n) is 10.6. The molecule has 0 saturated carbocycles. The van der Waals surface area contributed by atoms with Crippen LogP contribution in [0.15, 0.2) is 48.5 Å². The Bertz CT molecular complexity index is 941. The average Bonchev–Trinajstić information content (AvgIpc) is 2.84. The molecule has 30 heavy (non-hydrogen) atoms. The molecule has 2 atom stereocenters. The van der Waals surface area contributed by atoms with E-state index in [4.69, 9.17) is 0 Å². The summed E-state index contributed by atoms with van der Waals surface area (Å²) in [7, 11) is 0. The molecule has 6 heteroatoms. The van der Waals surface area contributed by atoms with Gasteiger partial charge in [0.15, 0.2) is 0 Å². The molecule has 2 aromatic rings. The van der Waals surface area contributed by atoms with Gasteiger partial charge in [0.25, 0.3) is 11.8 Å². The Kier molecular flexibility index (Phi) is 6.87. The summed E-state index contributed by atoms with van der Waals surface area (Å²) in [4.78, 5) is 38.1. The first kappa shape index (κ1) is 21.6. The van der Waals surface area contributed by atoms with Crippen molar-refractivity contribution in [3.8, 4) is 11.1 Å². The van der Waals surface area contributed by atoms with Crippen LogP contribution in [0.5, 0.6) is 0 Å². The molecule has 2 N–H and O–H groups in total. The lowest BCUT2D eigenvalue weighted by atomic mass is 9.92. The number of fused-ring (bicyclic) bond motifs is 3. The highest BCUT2D eigenvalue weighted by Gasteiger charge is 2.33. The van der Waals surface area contributed by atoms with Gasteiger partial charge in [0.05, 0.1) is 11.6 Å². The highest BCUT2D eigenvalue weighted by atomic mass is 16.2. The Morgan fingerprint density at radius 3 is 2.43 bits per heavy atom. The third-order valence-electron chi connectivity index (χ3n) is 5.45. The second-order valence-corrected chi connectivity index (χ2v) is 7.72. The van der Waals surface area contributed by atoms with Gasteiger partial charge in [-0.05, 0) is 37.5 Å². The standard InChI is InChI=1S/C24H29N3O3/c1-4-5-6-15-22(28)25-17(3)23(29)26-27-21-14-10-9-13-20(21)19-12-8-7-11-18(19)16(2)24(27)30/h7-14,16-17H,4-6,15H2,1-3H3,(H,25,28)(H,26,29)/t16?,17-/m0/s1. The van der Waals surface area contributed by atoms with Crippen LogP contribution < -0.4 is 15.8 Å². The van der Waals surface area contributed by atoms with Crippen LogP contribution in [0.25, 0.3) is 11.1 Å². The predicted octanol–water partition coefficient (Wildman–Crippen LogP) is 3.92. The van der Waals surface area contributed by atoms with Crippen LogP contribution in [0.1, 0.15) is 57.9 Å². The van der Waals surface area contributed by atoms with Crippen LogP contribution in [0.3, 0.4) is 0 Å². The van der Waals surface area contributed by atoms with E-state index in [2.05, 4.69) is 17.7 Å². The van der Waals surface area contributed by atoms with Gasteiger partial charge < -0.3 is 5.32 Å². The van der Waals surface area contributed by atoms with Crippen LogP contribution >= 0.6 is 0 Å². The highest BCUT2D eigenvalue weighted by Crippen LogP contribution is 2.39. The predicted molar refractivity (Wildman–Crippen MR) is 118 cm³/mol. The number of unbranched alkanes of at least 4 members (excludes halogenated alkanes) is 2. The molecule has 0 bridgehead atoms. The van der Waals surface area contributed by atoms with Crippen molar-refractivity contribution >= 4 is 23.4 Å². The fourth-order valence-corrected chi connectivity index (χ4v) is 3.70. The van der Waals surface area contributed by atoms with Gasteiger partial charge in [-0.1, -0.05) is 62.2 Å². The summed E-state index contributed by atoms with van der Waals surface area (Å²) in [5, 5.41) is 4.04. The zero-order valence-corrected chi connectivity index (χ0v) is 17.8. The van der Waals surface area contributed by atoms with E-state index in [1.807, 2.05) is 55.5 Å². The van der Waals surface area contributed by atoms with Crippen molar-refractivity contribution in [2.75, 3.05) is 5.01 Å². The monoisotopic (exact) mass is 407 g/mol. The first-order valence-corrected chi connectivity index (χ1v) is 10.6. The van der Waals surface area contributed by atoms with Crippen molar-refractivity contribution in [2.24, 2.45) is 0 Å². The maximum Gasteiger partial charge on any atom is 0.261 e. The fraction of sp³-hybridized carbons (Fsp3) is 0.375. The van der Waals surface area contributed by atoms with Gasteiger partial charge >= 0.3 is 0 Å². The number of rotatable bonds is 7. The van der Waals surface area contributed by atoms with Gasteiger partial charge in [-0.3, -0.25) is 19.8 Å². The number of hydrogen-bond donors (Lipinski definition) is 2. The molecule has 0 aromatic heterocycles. The number of hydrogen-bond acceptors (Lipinski definition) is 3. The number of anilines is 1. The topological polar surface area (TPSA) is 78.5 Å². The molecular weight excluding hydrogens is 378 g/mol. The number of amides is 3. The lowest BCUT2D eigenvalue weighted by Gasteiger charge is -2.27. The largest absolute Gasteiger partial charge is 0.345 e. The average molecular weight is 408 g/mol. The summed E-state index contributed by atoms with van der Waals surface area (Å²) in [6.45, 7) is 5.54. The van der Waals surface area contributed by atoms with E-state index < -0.39 is 17.9 Å². The Hall–Kier alpha value is -3.15. The van der Waals surface area contributed by atoms with Crippen molar-refractivity contribution < 1.29 is 14.4 Å². The number of hydrazine groups is 1. The van der Waals surface area contributed by atoms with E-state index in [0.717, 1.165) is 36.0 Å². The van der Waals surface area contributed by atoms with E-state index >= 15 is 0 Å². The molecule has 6 nitrogen and oxygen atoms in total. The van der Waals surface area contributed by atoms with E-state index in [9.17, 15) is 14.4 Å². The number of para-hydroxylation sites is 1. The van der Waals surface area contributed by atoms with Crippen LogP contribution in [-0.4, -0.2) is 23.8 Å². The first-order chi connectivity index (χ1) is 14.4. The summed E-state index contributed by atoms with van der Waals surface area (Å²) in [5.41, 5.74) is 6.12. The van der Waals surface area contributed by atoms with Crippen LogP contribution in [-0.2, 0) is 14.4 Å². The van der Waals surface area contributed by atoms with Gasteiger partial charge in [-0.25, -0.2) is 5.01 Å². The quantitative estimate of drug-likeness (QED) is 0.683. The van der Waals surface area contributed by atoms with E-state index in [1.165, 1.54) is 5.01 Å². The second-order valence-electron chi connectivity index (χ2n) is 7.72. The minimum atomic E-state index is -0.750. The lowest BCUT2D eigenvalue weighted by Crippen LogP contribution is -2.54. The lowest BCUT2D eigenvalue weighted by molar-refractivity contribution is -0.130. The second kappa shape index (κ2) is 9.57. The molecule has 158 valence electrons. The van der Waals surface area contributed by atoms with Gasteiger partial charge in [0.1, 0.15) is 6.04 Å². The molecule has 0 saturated heterocycles. The maximum atomic E-state index is 13.2. The fourth-order valence-electron chi connectivity index (χ4n) is 3.70. The van der Waals surface area contributed by atoms with Gasteiger partial charge in [-0.15, -0.1) is 0 Å². The molecule has 1 unspecified atom stereocenters. The number of nitrogens with one attached hydrogen (secondary N) is 2. The van der Waals surface area contributed by atoms with Crippen molar-refractivity contribution in [1.82, 2.24) is 10.7 Å². The Morgan fingerprint density at radius 1 is 1.03 bits per heavy atom. The molecule has 0 aliphatic carbocycles. The van der Waals surface area contributed by atoms with E-state index in [1.54, 1.807) is 6.92 Å². The smallest absolute Gasteiger partial charge is 0.261 e. The van der Waals surface area contributed by atoms with Gasteiger partial charge in [0.2, 0.25) is 5.91 Å². The van der Waals surface area contributed by atoms with E-state index in [0.29, 0.717) is 12.1 Å². The van der Waals surface area contributed by atoms with Gasteiger partial charge in [0, 0.05) is 12.0 Å². The minimum absolute atomic E-state index is 0.158. The summed E-state index contributed by atoms with van der Waals surface area (Å²) < 4.78 is 0. The van der Waals surface area contributed by atoms with Crippen molar-refractivity contribution in [2.45, 2.75) is 58.4 Å². The molecule has 1 aliphatic rings. The molecule has 0 fully saturated rings. The zero-order chi connectivity index (χ0) is 21.7. The number of nitrogens with zero attached hydrogens (tertiary/aromatic N) is 1. The molecule has 0 spiro atoms. The molecule has 1 aliphatic heterocycles. The Morgan fingerprint density at radius 2 is 1.70 bits per heavy atom. The van der Waals surface area contributed by atoms with Gasteiger partial charge in [-0.2, -0.15) is 0 Å².